The van der Waals surface area contributed by atoms with Gasteiger partial charge in [-0.25, -0.2) is 9.78 Å². The zero-order valence-corrected chi connectivity index (χ0v) is 14.6. The number of rotatable bonds is 2. The highest BCUT2D eigenvalue weighted by Crippen LogP contribution is 2.28. The van der Waals surface area contributed by atoms with Crippen LogP contribution in [0.4, 0.5) is 4.79 Å². The number of nitrogens with one attached hydrogen (secondary N) is 1. The van der Waals surface area contributed by atoms with Gasteiger partial charge >= 0.3 is 6.09 Å². The Morgan fingerprint density at radius 1 is 1.42 bits per heavy atom. The van der Waals surface area contributed by atoms with Crippen LogP contribution in [0.15, 0.2) is 18.2 Å². The predicted octanol–water partition coefficient (Wildman–Crippen LogP) is 3.12. The first-order chi connectivity index (χ1) is 12.4. The summed E-state index contributed by atoms with van der Waals surface area (Å²) in [4.78, 5) is 29.6. The molecule has 24 heavy (non-hydrogen) atoms. The van der Waals surface area contributed by atoms with Crippen molar-refractivity contribution >= 4 is 29.2 Å². The van der Waals surface area contributed by atoms with Crippen LogP contribution in [0.3, 0.4) is 0 Å². The first-order valence-electron chi connectivity index (χ1n) is 9.02. The summed E-state index contributed by atoms with van der Waals surface area (Å²) in [5.74, 6) is -0.822. The molecule has 2 rings (SSSR count). The van der Waals surface area contributed by atoms with E-state index in [9.17, 15) is 9.59 Å². The summed E-state index contributed by atoms with van der Waals surface area (Å²) in [5, 5.41) is 1.97. The molecule has 1 aromatic heterocycles. The number of nitrogens with zero attached hydrogens (tertiary/aromatic N) is 2. The molecule has 1 N–H and O–H groups in total. The van der Waals surface area contributed by atoms with Gasteiger partial charge in [0.25, 0.3) is 5.91 Å². The molecule has 0 atom stereocenters. The van der Waals surface area contributed by atoms with Crippen LogP contribution >= 0.6 is 11.6 Å². The highest BCUT2D eigenvalue weighted by molar-refractivity contribution is 6.31. The van der Waals surface area contributed by atoms with Crippen molar-refractivity contribution < 1.29 is 18.4 Å². The normalized spacial score (nSPS) is 17.2. The molecular formula is C17H22ClN3O3. The van der Waals surface area contributed by atoms with Crippen LogP contribution in [0.1, 0.15) is 47.4 Å². The van der Waals surface area contributed by atoms with Crippen molar-refractivity contribution in [3.05, 3.63) is 34.6 Å². The fraction of sp³-hybridized carbons (Fsp3) is 0.471. The molecule has 130 valence electrons. The molecule has 0 aliphatic carbocycles. The van der Waals surface area contributed by atoms with Crippen molar-refractivity contribution in [3.63, 3.8) is 0 Å². The van der Waals surface area contributed by atoms with Gasteiger partial charge < -0.3 is 15.0 Å². The maximum absolute atomic E-state index is 12.1. The number of carbonyl (C=O) groups is 2. The van der Waals surface area contributed by atoms with Crippen LogP contribution in [0, 0.1) is 0 Å². The van der Waals surface area contributed by atoms with E-state index < -0.39 is 18.5 Å². The maximum atomic E-state index is 12.1. The second-order valence-electron chi connectivity index (χ2n) is 6.39. The number of pyridine rings is 1. The van der Waals surface area contributed by atoms with Crippen molar-refractivity contribution in [2.24, 2.45) is 0 Å². The summed E-state index contributed by atoms with van der Waals surface area (Å²) in [6, 6.07) is 3.04. The summed E-state index contributed by atoms with van der Waals surface area (Å²) in [7, 11) is 0. The van der Waals surface area contributed by atoms with Gasteiger partial charge in [-0.15, -0.1) is 0 Å². The molecule has 1 aromatic rings. The fourth-order valence-corrected chi connectivity index (χ4v) is 2.55. The number of carbonyl (C=O) groups excluding carboxylic acids is 2. The summed E-state index contributed by atoms with van der Waals surface area (Å²) in [6.07, 6.45) is 2.04. The second kappa shape index (κ2) is 7.21. The molecule has 0 saturated carbocycles. The number of aromatic nitrogens is 1. The largest absolute Gasteiger partial charge is 0.444 e. The van der Waals surface area contributed by atoms with Crippen molar-refractivity contribution in [2.75, 3.05) is 20.1 Å². The van der Waals surface area contributed by atoms with Crippen LogP contribution in [-0.2, 0) is 4.74 Å². The molecule has 0 spiro atoms. The zero-order valence-electron chi connectivity index (χ0n) is 16.9. The van der Waals surface area contributed by atoms with Crippen LogP contribution in [0.2, 0.25) is 5.15 Å². The lowest BCUT2D eigenvalue weighted by Crippen LogP contribution is -2.39. The van der Waals surface area contributed by atoms with E-state index in [1.165, 1.54) is 6.07 Å². The molecule has 0 saturated heterocycles. The molecule has 2 heterocycles. The van der Waals surface area contributed by atoms with E-state index in [1.54, 1.807) is 11.0 Å². The number of amides is 2. The molecule has 7 heteroatoms. The minimum absolute atomic E-state index is 0.0772. The molecule has 0 unspecified atom stereocenters. The van der Waals surface area contributed by atoms with Crippen LogP contribution < -0.4 is 5.32 Å². The van der Waals surface area contributed by atoms with Gasteiger partial charge in [0.15, 0.2) is 0 Å². The molecule has 1 aliphatic rings. The van der Waals surface area contributed by atoms with Crippen LogP contribution in [-0.4, -0.2) is 47.6 Å². The summed E-state index contributed by atoms with van der Waals surface area (Å²) < 4.78 is 26.5. The van der Waals surface area contributed by atoms with Gasteiger partial charge in [-0.1, -0.05) is 17.7 Å². The van der Waals surface area contributed by atoms with Gasteiger partial charge in [0, 0.05) is 29.7 Å². The van der Waals surface area contributed by atoms with Gasteiger partial charge in [0.05, 0.1) is 0 Å². The number of hydrogen-bond donors (Lipinski definition) is 1. The number of halogens is 1. The predicted molar refractivity (Wildman–Crippen MR) is 93.0 cm³/mol. The number of ether oxygens (including phenoxy) is 1. The molecule has 2 amide bonds. The Bertz CT molecular complexity index is 773. The molecule has 6 nitrogen and oxygen atoms in total. The van der Waals surface area contributed by atoms with E-state index in [-0.39, 0.29) is 16.9 Å². The van der Waals surface area contributed by atoms with Crippen molar-refractivity contribution in [3.8, 4) is 0 Å². The fourth-order valence-electron chi connectivity index (χ4n) is 2.27. The Labute approximate surface area is 151 Å². The van der Waals surface area contributed by atoms with Gasteiger partial charge in [-0.2, -0.15) is 0 Å². The van der Waals surface area contributed by atoms with Gasteiger partial charge in [0.2, 0.25) is 0 Å². The number of hydrogen-bond acceptors (Lipinski definition) is 4. The van der Waals surface area contributed by atoms with Gasteiger partial charge in [-0.05, 0) is 44.9 Å². The molecular weight excluding hydrogens is 330 g/mol. The lowest BCUT2D eigenvalue weighted by molar-refractivity contribution is 0.0270. The maximum Gasteiger partial charge on any atom is 0.410 e. The van der Waals surface area contributed by atoms with E-state index in [1.807, 2.05) is 32.2 Å². The third-order valence-corrected chi connectivity index (χ3v) is 3.69. The Morgan fingerprint density at radius 3 is 2.71 bits per heavy atom. The minimum Gasteiger partial charge on any atom is -0.444 e. The highest BCUT2D eigenvalue weighted by atomic mass is 35.5. The van der Waals surface area contributed by atoms with E-state index in [0.717, 1.165) is 5.57 Å². The highest BCUT2D eigenvalue weighted by Gasteiger charge is 2.24. The average molecular weight is 355 g/mol. The third kappa shape index (κ3) is 4.47. The van der Waals surface area contributed by atoms with E-state index in [0.29, 0.717) is 25.1 Å². The molecule has 0 fully saturated rings. The van der Waals surface area contributed by atoms with Crippen LogP contribution in [0.25, 0.3) is 5.57 Å². The SMILES string of the molecule is [2H]C([2H])([2H])NC(=O)c1ccc(C2=CCN(C(=O)OC(C)(C)C)CC2)c(Cl)n1. The quantitative estimate of drug-likeness (QED) is 0.828. The monoisotopic (exact) mass is 354 g/mol. The lowest BCUT2D eigenvalue weighted by atomic mass is 10.0. The third-order valence-electron chi connectivity index (χ3n) is 3.40. The minimum atomic E-state index is -2.60. The van der Waals surface area contributed by atoms with Gasteiger partial charge in [-0.3, -0.25) is 4.79 Å². The first kappa shape index (κ1) is 14.3. The average Bonchev–Trinajstić information content (AvgIpc) is 2.51. The summed E-state index contributed by atoms with van der Waals surface area (Å²) in [5.41, 5.74) is 0.909. The molecule has 0 radical (unpaired) electrons. The standard InChI is InChI=1S/C17H22ClN3O3/c1-17(2,3)24-16(23)21-9-7-11(8-10-21)12-5-6-13(15(22)19-4)20-14(12)18/h5-7H,8-10H2,1-4H3,(H,19,22)/i4D3. The Hall–Kier alpha value is -2.08. The van der Waals surface area contributed by atoms with Crippen molar-refractivity contribution in [1.29, 1.82) is 0 Å². The molecule has 0 aromatic carbocycles. The lowest BCUT2D eigenvalue weighted by Gasteiger charge is -2.29. The van der Waals surface area contributed by atoms with Gasteiger partial charge in [0.1, 0.15) is 16.4 Å². The van der Waals surface area contributed by atoms with E-state index >= 15 is 0 Å². The first-order valence-corrected chi connectivity index (χ1v) is 7.90. The van der Waals surface area contributed by atoms with E-state index in [4.69, 9.17) is 20.5 Å². The smallest absolute Gasteiger partial charge is 0.410 e. The summed E-state index contributed by atoms with van der Waals surface area (Å²) in [6.45, 7) is 3.68. The van der Waals surface area contributed by atoms with Crippen molar-refractivity contribution in [2.45, 2.75) is 32.8 Å². The molecule has 0 bridgehead atoms. The topological polar surface area (TPSA) is 71.5 Å². The van der Waals surface area contributed by atoms with E-state index in [2.05, 4.69) is 4.98 Å². The molecule has 1 aliphatic heterocycles. The second-order valence-corrected chi connectivity index (χ2v) is 6.75. The Morgan fingerprint density at radius 2 is 2.17 bits per heavy atom. The zero-order chi connectivity index (χ0) is 20.4. The Balaban J connectivity index is 2.09. The summed E-state index contributed by atoms with van der Waals surface area (Å²) >= 11 is 6.19. The van der Waals surface area contributed by atoms with Crippen LogP contribution in [0.5, 0.6) is 0 Å². The van der Waals surface area contributed by atoms with Crippen molar-refractivity contribution in [1.82, 2.24) is 15.2 Å². The Kier molecular flexibility index (Phi) is 4.29.